The summed E-state index contributed by atoms with van der Waals surface area (Å²) in [4.78, 5) is 37.4. The summed E-state index contributed by atoms with van der Waals surface area (Å²) in [5.74, 6) is 0.492. The molecule has 0 bridgehead atoms. The fourth-order valence-corrected chi connectivity index (χ4v) is 3.08. The van der Waals surface area contributed by atoms with Gasteiger partial charge >= 0.3 is 0 Å². The highest BCUT2D eigenvalue weighted by atomic mass is 16.5. The van der Waals surface area contributed by atoms with Crippen molar-refractivity contribution in [2.45, 2.75) is 19.0 Å². The summed E-state index contributed by atoms with van der Waals surface area (Å²) in [6, 6.07) is 9.16. The maximum atomic E-state index is 13.0. The van der Waals surface area contributed by atoms with E-state index in [2.05, 4.69) is 10.2 Å². The minimum absolute atomic E-state index is 0.0608. The van der Waals surface area contributed by atoms with Gasteiger partial charge in [-0.2, -0.15) is 0 Å². The molecule has 2 heterocycles. The largest absolute Gasteiger partial charge is 0.483 e. The van der Waals surface area contributed by atoms with Gasteiger partial charge in [-0.1, -0.05) is 30.3 Å². The normalized spacial score (nSPS) is 16.4. The summed E-state index contributed by atoms with van der Waals surface area (Å²) in [7, 11) is 3.40. The number of benzene rings is 1. The van der Waals surface area contributed by atoms with Crippen LogP contribution in [0.25, 0.3) is 0 Å². The van der Waals surface area contributed by atoms with Gasteiger partial charge in [0.15, 0.2) is 5.82 Å². The minimum Gasteiger partial charge on any atom is -0.483 e. The van der Waals surface area contributed by atoms with Gasteiger partial charge in [0.2, 0.25) is 11.8 Å². The van der Waals surface area contributed by atoms with Crippen molar-refractivity contribution in [2.75, 3.05) is 26.8 Å². The summed E-state index contributed by atoms with van der Waals surface area (Å²) in [5, 5.41) is 14.8. The fourth-order valence-electron chi connectivity index (χ4n) is 3.08. The van der Waals surface area contributed by atoms with Gasteiger partial charge < -0.3 is 24.2 Å². The van der Waals surface area contributed by atoms with Crippen molar-refractivity contribution in [3.63, 3.8) is 0 Å². The van der Waals surface area contributed by atoms with Crippen LogP contribution in [-0.2, 0) is 39.1 Å². The number of nitrogens with zero attached hydrogens (tertiary/aromatic N) is 5. The molecular weight excluding hydrogens is 378 g/mol. The third-order valence-corrected chi connectivity index (χ3v) is 4.57. The van der Waals surface area contributed by atoms with Crippen LogP contribution in [0.1, 0.15) is 11.4 Å². The van der Waals surface area contributed by atoms with Gasteiger partial charge in [0.25, 0.3) is 6.47 Å². The predicted octanol–water partition coefficient (Wildman–Crippen LogP) is -0.0556. The first kappa shape index (κ1) is 22.0. The van der Waals surface area contributed by atoms with Crippen molar-refractivity contribution in [3.05, 3.63) is 48.0 Å². The number of carbonyl (C=O) groups is 3. The Morgan fingerprint density at radius 3 is 2.55 bits per heavy atom. The lowest BCUT2D eigenvalue weighted by Gasteiger charge is -2.40. The highest BCUT2D eigenvalue weighted by molar-refractivity contribution is 5.95. The third kappa shape index (κ3) is 5.85. The van der Waals surface area contributed by atoms with Crippen LogP contribution in [0.2, 0.25) is 0 Å². The molecule has 10 nitrogen and oxygen atoms in total. The Kier molecular flexibility index (Phi) is 8.28. The van der Waals surface area contributed by atoms with Gasteiger partial charge in [0.05, 0.1) is 19.7 Å². The van der Waals surface area contributed by atoms with Crippen molar-refractivity contribution >= 4 is 18.3 Å². The fraction of sp³-hybridized carbons (Fsp3) is 0.421. The molecule has 0 spiro atoms. The van der Waals surface area contributed by atoms with Gasteiger partial charge in [-0.05, 0) is 5.56 Å². The number of piperazine rings is 1. The third-order valence-electron chi connectivity index (χ3n) is 4.57. The highest BCUT2D eigenvalue weighted by Crippen LogP contribution is 2.19. The molecule has 3 rings (SSSR count). The maximum Gasteiger partial charge on any atom is 0.290 e. The Labute approximate surface area is 168 Å². The number of carbonyl (C=O) groups excluding carboxylic acids is 2. The molecule has 2 amide bonds. The Morgan fingerprint density at radius 2 is 1.97 bits per heavy atom. The first-order chi connectivity index (χ1) is 14.0. The summed E-state index contributed by atoms with van der Waals surface area (Å²) in [5.41, 5.74) is 1.01. The lowest BCUT2D eigenvalue weighted by molar-refractivity contribution is -0.157. The van der Waals surface area contributed by atoms with E-state index in [1.54, 1.807) is 27.8 Å². The van der Waals surface area contributed by atoms with E-state index >= 15 is 0 Å². The summed E-state index contributed by atoms with van der Waals surface area (Å²) >= 11 is 0. The van der Waals surface area contributed by atoms with Crippen molar-refractivity contribution in [3.8, 4) is 0 Å². The van der Waals surface area contributed by atoms with Gasteiger partial charge in [0.1, 0.15) is 12.4 Å². The number of hydrogen-bond acceptors (Lipinski definition) is 6. The Morgan fingerprint density at radius 1 is 1.28 bits per heavy atom. The van der Waals surface area contributed by atoms with E-state index in [0.717, 1.165) is 5.56 Å². The molecule has 0 aliphatic carbocycles. The minimum atomic E-state index is -0.563. The van der Waals surface area contributed by atoms with Gasteiger partial charge in [0, 0.05) is 27.1 Å². The number of aryl methyl sites for hydroxylation is 1. The maximum absolute atomic E-state index is 13.0. The summed E-state index contributed by atoms with van der Waals surface area (Å²) in [6.07, 6.45) is 2.05. The van der Waals surface area contributed by atoms with Gasteiger partial charge in [-0.3, -0.25) is 14.4 Å². The van der Waals surface area contributed by atoms with Crippen LogP contribution in [0.3, 0.4) is 0 Å². The van der Waals surface area contributed by atoms with Crippen LogP contribution >= 0.6 is 0 Å². The SMILES string of the molecule is COCCN1CC(=O)N(Cc2nncn2C)[C@H](Cc2ccccc2)C1=O.O=CO. The zero-order chi connectivity index (χ0) is 21.2. The number of ether oxygens (including phenoxy) is 1. The molecule has 1 aromatic heterocycles. The molecule has 1 atom stereocenters. The number of amides is 2. The van der Waals surface area contributed by atoms with Crippen molar-refractivity contribution in [2.24, 2.45) is 7.05 Å². The molecule has 1 N–H and O–H groups in total. The first-order valence-electron chi connectivity index (χ1n) is 9.03. The molecule has 1 aliphatic heterocycles. The number of aromatic nitrogens is 3. The molecule has 1 fully saturated rings. The van der Waals surface area contributed by atoms with Crippen LogP contribution in [0, 0.1) is 0 Å². The molecule has 156 valence electrons. The van der Waals surface area contributed by atoms with Crippen LogP contribution in [0.4, 0.5) is 0 Å². The predicted molar refractivity (Wildman–Crippen MR) is 103 cm³/mol. The smallest absolute Gasteiger partial charge is 0.290 e. The Balaban J connectivity index is 0.000000941. The second-order valence-corrected chi connectivity index (χ2v) is 6.44. The second-order valence-electron chi connectivity index (χ2n) is 6.44. The standard InChI is InChI=1S/C18H23N5O3.CH2O2/c1-21-13-19-20-16(21)11-23-15(10-14-6-4-3-5-7-14)18(25)22(8-9-26-2)12-17(23)24;2-1-3/h3-7,13,15H,8-12H2,1-2H3;1H,(H,2,3)/t15-;/m1./s1. The quantitative estimate of drug-likeness (QED) is 0.644. The molecular formula is C19H25N5O5. The lowest BCUT2D eigenvalue weighted by atomic mass is 10.0. The number of hydrogen-bond donors (Lipinski definition) is 1. The van der Waals surface area contributed by atoms with E-state index in [1.165, 1.54) is 0 Å². The molecule has 2 aromatic rings. The Bertz CT molecular complexity index is 810. The lowest BCUT2D eigenvalue weighted by Crippen LogP contribution is -2.60. The van der Waals surface area contributed by atoms with Crippen LogP contribution in [-0.4, -0.2) is 80.8 Å². The first-order valence-corrected chi connectivity index (χ1v) is 9.03. The van der Waals surface area contributed by atoms with Gasteiger partial charge in [-0.25, -0.2) is 0 Å². The molecule has 0 saturated carbocycles. The van der Waals surface area contributed by atoms with Crippen LogP contribution < -0.4 is 0 Å². The van der Waals surface area contributed by atoms with Crippen LogP contribution in [0.15, 0.2) is 36.7 Å². The van der Waals surface area contributed by atoms with Crippen molar-refractivity contribution in [1.29, 1.82) is 0 Å². The van der Waals surface area contributed by atoms with E-state index in [9.17, 15) is 9.59 Å². The van der Waals surface area contributed by atoms with E-state index < -0.39 is 6.04 Å². The Hall–Kier alpha value is -3.27. The number of methoxy groups -OCH3 is 1. The molecule has 29 heavy (non-hydrogen) atoms. The molecule has 10 heteroatoms. The number of carboxylic acid groups (broad SMARTS) is 1. The summed E-state index contributed by atoms with van der Waals surface area (Å²) in [6.45, 7) is 0.882. The van der Waals surface area contributed by atoms with E-state index in [0.29, 0.717) is 25.4 Å². The molecule has 1 aliphatic rings. The molecule has 0 radical (unpaired) electrons. The van der Waals surface area contributed by atoms with Crippen LogP contribution in [0.5, 0.6) is 0 Å². The van der Waals surface area contributed by atoms with Gasteiger partial charge in [-0.15, -0.1) is 10.2 Å². The monoisotopic (exact) mass is 403 g/mol. The highest BCUT2D eigenvalue weighted by Gasteiger charge is 2.39. The summed E-state index contributed by atoms with van der Waals surface area (Å²) < 4.78 is 6.83. The average Bonchev–Trinajstić information content (AvgIpc) is 3.12. The zero-order valence-electron chi connectivity index (χ0n) is 16.5. The van der Waals surface area contributed by atoms with Crippen molar-refractivity contribution < 1.29 is 24.2 Å². The zero-order valence-corrected chi connectivity index (χ0v) is 16.5. The van der Waals surface area contributed by atoms with E-state index in [1.807, 2.05) is 37.4 Å². The van der Waals surface area contributed by atoms with Crippen molar-refractivity contribution in [1.82, 2.24) is 24.6 Å². The van der Waals surface area contributed by atoms with E-state index in [-0.39, 0.29) is 31.4 Å². The van der Waals surface area contributed by atoms with E-state index in [4.69, 9.17) is 14.6 Å². The average molecular weight is 403 g/mol. The molecule has 1 aromatic carbocycles. The number of rotatable bonds is 7. The molecule has 1 saturated heterocycles. The topological polar surface area (TPSA) is 118 Å². The molecule has 0 unspecified atom stereocenters. The second kappa shape index (κ2) is 10.9.